The van der Waals surface area contributed by atoms with E-state index in [9.17, 15) is 4.79 Å². The summed E-state index contributed by atoms with van der Waals surface area (Å²) >= 11 is 0. The fourth-order valence-electron chi connectivity index (χ4n) is 3.65. The number of carbonyl (C=O) groups is 1. The van der Waals surface area contributed by atoms with Gasteiger partial charge in [0.05, 0.1) is 22.8 Å². The van der Waals surface area contributed by atoms with Crippen LogP contribution in [-0.2, 0) is 0 Å². The number of hydrogen-bond acceptors (Lipinski definition) is 4. The lowest BCUT2D eigenvalue weighted by Gasteiger charge is -2.14. The summed E-state index contributed by atoms with van der Waals surface area (Å²) in [4.78, 5) is 16.8. The lowest BCUT2D eigenvalue weighted by Crippen LogP contribution is -2.19. The highest BCUT2D eigenvalue weighted by atomic mass is 16.2. The predicted octanol–water partition coefficient (Wildman–Crippen LogP) is 5.00. The third kappa shape index (κ3) is 3.08. The molecule has 5 N–H and O–H groups in total. The van der Waals surface area contributed by atoms with Gasteiger partial charge in [-0.3, -0.25) is 10.1 Å². The predicted molar refractivity (Wildman–Crippen MR) is 120 cm³/mol. The van der Waals surface area contributed by atoms with Crippen molar-refractivity contribution in [3.05, 3.63) is 79.1 Å². The zero-order valence-electron chi connectivity index (χ0n) is 15.9. The molecule has 0 aliphatic carbocycles. The lowest BCUT2D eigenvalue weighted by molar-refractivity contribution is 0.262. The van der Waals surface area contributed by atoms with Crippen molar-refractivity contribution in [3.63, 3.8) is 0 Å². The number of para-hydroxylation sites is 1. The second-order valence-electron chi connectivity index (χ2n) is 6.87. The number of nitrogens with zero attached hydrogens (tertiary/aromatic N) is 2. The number of nitrogens with one attached hydrogen (secondary N) is 3. The standard InChI is InChI=1S/C23H18N6O/c24-22-21-18(12-25-13-20(21)28-29-22)16-10-11-19(17-9-5-4-8-15(16)17)27-23(30)26-14-6-2-1-3-7-14/h1-13H,(H3,24,28,29)(H2,26,27,30). The average Bonchev–Trinajstić information content (AvgIpc) is 3.16. The number of fused-ring (bicyclic) bond motifs is 2. The molecule has 0 aliphatic heterocycles. The van der Waals surface area contributed by atoms with Gasteiger partial charge in [0.2, 0.25) is 0 Å². The molecule has 0 saturated heterocycles. The number of anilines is 3. The zero-order chi connectivity index (χ0) is 20.5. The quantitative estimate of drug-likeness (QED) is 0.345. The number of hydrogen-bond donors (Lipinski definition) is 4. The van der Waals surface area contributed by atoms with E-state index in [1.54, 1.807) is 12.4 Å². The van der Waals surface area contributed by atoms with E-state index in [1.807, 2.05) is 66.7 Å². The summed E-state index contributed by atoms with van der Waals surface area (Å²) in [5, 5.41) is 15.5. The topological polar surface area (TPSA) is 109 Å². The second-order valence-corrected chi connectivity index (χ2v) is 6.87. The Morgan fingerprint density at radius 3 is 2.43 bits per heavy atom. The van der Waals surface area contributed by atoms with Crippen LogP contribution < -0.4 is 16.4 Å². The Labute approximate surface area is 171 Å². The van der Waals surface area contributed by atoms with Crippen molar-refractivity contribution in [2.45, 2.75) is 0 Å². The summed E-state index contributed by atoms with van der Waals surface area (Å²) in [5.41, 5.74) is 10.2. The maximum atomic E-state index is 12.5. The van der Waals surface area contributed by atoms with Gasteiger partial charge in [-0.05, 0) is 29.1 Å². The molecule has 0 fully saturated rings. The molecule has 0 atom stereocenters. The molecule has 0 bridgehead atoms. The maximum absolute atomic E-state index is 12.5. The maximum Gasteiger partial charge on any atom is 0.323 e. The van der Waals surface area contributed by atoms with E-state index in [2.05, 4.69) is 25.8 Å². The van der Waals surface area contributed by atoms with Crippen LogP contribution in [0.1, 0.15) is 0 Å². The largest absolute Gasteiger partial charge is 0.382 e. The van der Waals surface area contributed by atoms with Crippen LogP contribution >= 0.6 is 0 Å². The highest BCUT2D eigenvalue weighted by Crippen LogP contribution is 2.37. The minimum atomic E-state index is -0.304. The summed E-state index contributed by atoms with van der Waals surface area (Å²) in [6, 6.07) is 20.8. The first-order valence-corrected chi connectivity index (χ1v) is 9.43. The number of amides is 2. The fraction of sp³-hybridized carbons (Fsp3) is 0. The Morgan fingerprint density at radius 2 is 1.60 bits per heavy atom. The number of nitrogen functional groups attached to an aromatic ring is 1. The monoisotopic (exact) mass is 394 g/mol. The van der Waals surface area contributed by atoms with Crippen LogP contribution in [-0.4, -0.2) is 21.2 Å². The van der Waals surface area contributed by atoms with Crippen LogP contribution in [0.2, 0.25) is 0 Å². The molecule has 0 saturated carbocycles. The molecule has 5 aromatic rings. The number of nitrogens with two attached hydrogens (primary N) is 1. The molecule has 2 aromatic heterocycles. The number of urea groups is 1. The normalized spacial score (nSPS) is 10.9. The van der Waals surface area contributed by atoms with Gasteiger partial charge in [0.15, 0.2) is 5.82 Å². The van der Waals surface area contributed by atoms with Gasteiger partial charge in [-0.15, -0.1) is 0 Å². The lowest BCUT2D eigenvalue weighted by atomic mass is 9.96. The van der Waals surface area contributed by atoms with Crippen molar-refractivity contribution in [2.24, 2.45) is 0 Å². The third-order valence-electron chi connectivity index (χ3n) is 4.99. The van der Waals surface area contributed by atoms with Gasteiger partial charge in [-0.25, -0.2) is 4.79 Å². The third-order valence-corrected chi connectivity index (χ3v) is 4.99. The Balaban J connectivity index is 1.57. The average molecular weight is 394 g/mol. The molecule has 0 unspecified atom stereocenters. The van der Waals surface area contributed by atoms with Gasteiger partial charge >= 0.3 is 6.03 Å². The Morgan fingerprint density at radius 1 is 0.833 bits per heavy atom. The van der Waals surface area contributed by atoms with Crippen molar-refractivity contribution in [3.8, 4) is 11.1 Å². The first-order chi connectivity index (χ1) is 14.7. The number of carbonyl (C=O) groups excluding carboxylic acids is 1. The van der Waals surface area contributed by atoms with E-state index in [1.165, 1.54) is 0 Å². The van der Waals surface area contributed by atoms with Crippen LogP contribution in [0.15, 0.2) is 79.1 Å². The number of aromatic nitrogens is 3. The molecule has 2 heterocycles. The van der Waals surface area contributed by atoms with Gasteiger partial charge in [0, 0.05) is 22.8 Å². The molecular formula is C23H18N6O. The summed E-state index contributed by atoms with van der Waals surface area (Å²) in [6.45, 7) is 0. The molecule has 5 rings (SSSR count). The van der Waals surface area contributed by atoms with Crippen molar-refractivity contribution in [1.82, 2.24) is 15.2 Å². The minimum absolute atomic E-state index is 0.304. The van der Waals surface area contributed by atoms with Crippen LogP contribution in [0.4, 0.5) is 22.0 Å². The molecular weight excluding hydrogens is 376 g/mol. The summed E-state index contributed by atoms with van der Waals surface area (Å²) < 4.78 is 0. The molecule has 30 heavy (non-hydrogen) atoms. The summed E-state index contributed by atoms with van der Waals surface area (Å²) in [5.74, 6) is 0.427. The Hall–Kier alpha value is -4.39. The van der Waals surface area contributed by atoms with Crippen molar-refractivity contribution in [1.29, 1.82) is 0 Å². The number of pyridine rings is 1. The number of H-pyrrole nitrogens is 1. The van der Waals surface area contributed by atoms with E-state index in [0.717, 1.165) is 38.5 Å². The van der Waals surface area contributed by atoms with E-state index >= 15 is 0 Å². The summed E-state index contributed by atoms with van der Waals surface area (Å²) in [7, 11) is 0. The van der Waals surface area contributed by atoms with Crippen molar-refractivity contribution >= 4 is 44.9 Å². The first-order valence-electron chi connectivity index (χ1n) is 9.43. The fourth-order valence-corrected chi connectivity index (χ4v) is 3.65. The number of rotatable bonds is 3. The van der Waals surface area contributed by atoms with Gasteiger partial charge in [-0.2, -0.15) is 5.10 Å². The minimum Gasteiger partial charge on any atom is -0.382 e. The Bertz CT molecular complexity index is 1380. The van der Waals surface area contributed by atoms with E-state index < -0.39 is 0 Å². The van der Waals surface area contributed by atoms with Crippen LogP contribution in [0.25, 0.3) is 32.8 Å². The number of aromatic amines is 1. The smallest absolute Gasteiger partial charge is 0.323 e. The molecule has 0 spiro atoms. The first kappa shape index (κ1) is 17.7. The molecule has 7 nitrogen and oxygen atoms in total. The van der Waals surface area contributed by atoms with E-state index in [0.29, 0.717) is 11.5 Å². The molecule has 0 radical (unpaired) electrons. The van der Waals surface area contributed by atoms with Crippen LogP contribution in [0, 0.1) is 0 Å². The van der Waals surface area contributed by atoms with Crippen molar-refractivity contribution in [2.75, 3.05) is 16.4 Å². The molecule has 3 aromatic carbocycles. The highest BCUT2D eigenvalue weighted by molar-refractivity contribution is 6.13. The zero-order valence-corrected chi connectivity index (χ0v) is 15.9. The van der Waals surface area contributed by atoms with Crippen LogP contribution in [0.3, 0.4) is 0 Å². The number of benzene rings is 3. The Kier molecular flexibility index (Phi) is 4.25. The van der Waals surface area contributed by atoms with Gasteiger partial charge in [0.25, 0.3) is 0 Å². The molecule has 7 heteroatoms. The van der Waals surface area contributed by atoms with E-state index in [4.69, 9.17) is 5.73 Å². The van der Waals surface area contributed by atoms with Gasteiger partial charge < -0.3 is 16.4 Å². The van der Waals surface area contributed by atoms with Crippen LogP contribution in [0.5, 0.6) is 0 Å². The SMILES string of the molecule is Nc1n[nH]c2cncc(-c3ccc(NC(=O)Nc4ccccc4)c4ccccc34)c12. The highest BCUT2D eigenvalue weighted by Gasteiger charge is 2.15. The van der Waals surface area contributed by atoms with Gasteiger partial charge in [0.1, 0.15) is 0 Å². The van der Waals surface area contributed by atoms with E-state index in [-0.39, 0.29) is 6.03 Å². The molecule has 0 aliphatic rings. The molecule has 146 valence electrons. The van der Waals surface area contributed by atoms with Crippen molar-refractivity contribution < 1.29 is 4.79 Å². The summed E-state index contributed by atoms with van der Waals surface area (Å²) in [6.07, 6.45) is 3.49. The van der Waals surface area contributed by atoms with Gasteiger partial charge in [-0.1, -0.05) is 48.5 Å². The molecule has 2 amide bonds. The second kappa shape index (κ2) is 7.21.